The third kappa shape index (κ3) is 3.57. The van der Waals surface area contributed by atoms with Crippen molar-refractivity contribution in [2.75, 3.05) is 5.33 Å². The standard InChI is InChI=1S/C15H18BrNOS/c1-10(2)12(7-8-16)17-15(18)14-9-11-5-3-4-6-13(11)19-14/h3-6,9-10,12H,7-8H2,1-2H3,(H,17,18). The minimum atomic E-state index is 0.0425. The molecule has 1 atom stereocenters. The van der Waals surface area contributed by atoms with Crippen LogP contribution in [-0.4, -0.2) is 17.3 Å². The molecule has 1 N–H and O–H groups in total. The van der Waals surface area contributed by atoms with Gasteiger partial charge in [-0.2, -0.15) is 0 Å². The van der Waals surface area contributed by atoms with Crippen molar-refractivity contribution in [3.8, 4) is 0 Å². The van der Waals surface area contributed by atoms with Crippen LogP contribution in [-0.2, 0) is 0 Å². The molecule has 1 aromatic heterocycles. The van der Waals surface area contributed by atoms with Gasteiger partial charge in [-0.05, 0) is 29.9 Å². The van der Waals surface area contributed by atoms with Gasteiger partial charge in [0, 0.05) is 16.1 Å². The summed E-state index contributed by atoms with van der Waals surface area (Å²) in [4.78, 5) is 13.1. The summed E-state index contributed by atoms with van der Waals surface area (Å²) in [6.45, 7) is 4.27. The number of carbonyl (C=O) groups excluding carboxylic acids is 1. The molecule has 0 aliphatic carbocycles. The van der Waals surface area contributed by atoms with Crippen molar-refractivity contribution < 1.29 is 4.79 Å². The fourth-order valence-electron chi connectivity index (χ4n) is 2.02. The van der Waals surface area contributed by atoms with Gasteiger partial charge >= 0.3 is 0 Å². The van der Waals surface area contributed by atoms with Crippen LogP contribution in [0.25, 0.3) is 10.1 Å². The van der Waals surface area contributed by atoms with Crippen molar-refractivity contribution in [1.82, 2.24) is 5.32 Å². The quantitative estimate of drug-likeness (QED) is 0.801. The van der Waals surface area contributed by atoms with Crippen LogP contribution in [0.3, 0.4) is 0 Å². The van der Waals surface area contributed by atoms with Gasteiger partial charge in [0.25, 0.3) is 5.91 Å². The number of thiophene rings is 1. The van der Waals surface area contributed by atoms with Crippen LogP contribution in [0.15, 0.2) is 30.3 Å². The number of nitrogens with one attached hydrogen (secondary N) is 1. The molecule has 1 amide bonds. The van der Waals surface area contributed by atoms with Gasteiger partial charge in [-0.25, -0.2) is 0 Å². The summed E-state index contributed by atoms with van der Waals surface area (Å²) >= 11 is 5.00. The molecule has 0 bridgehead atoms. The Morgan fingerprint density at radius 2 is 2.11 bits per heavy atom. The lowest BCUT2D eigenvalue weighted by Crippen LogP contribution is -2.38. The van der Waals surface area contributed by atoms with Gasteiger partial charge < -0.3 is 5.32 Å². The van der Waals surface area contributed by atoms with E-state index < -0.39 is 0 Å². The number of halogens is 1. The number of benzene rings is 1. The lowest BCUT2D eigenvalue weighted by molar-refractivity contribution is 0.0929. The minimum Gasteiger partial charge on any atom is -0.348 e. The predicted molar refractivity (Wildman–Crippen MR) is 86.3 cm³/mol. The van der Waals surface area contributed by atoms with Gasteiger partial charge in [0.1, 0.15) is 0 Å². The van der Waals surface area contributed by atoms with Crippen molar-refractivity contribution in [3.05, 3.63) is 35.2 Å². The lowest BCUT2D eigenvalue weighted by Gasteiger charge is -2.21. The average Bonchev–Trinajstić information content (AvgIpc) is 2.81. The highest BCUT2D eigenvalue weighted by Gasteiger charge is 2.17. The Kier molecular flexibility index (Phi) is 4.99. The number of rotatable bonds is 5. The number of amides is 1. The van der Waals surface area contributed by atoms with Crippen LogP contribution in [0.5, 0.6) is 0 Å². The molecule has 19 heavy (non-hydrogen) atoms. The summed E-state index contributed by atoms with van der Waals surface area (Å²) < 4.78 is 1.16. The van der Waals surface area contributed by atoms with E-state index in [4.69, 9.17) is 0 Å². The van der Waals surface area contributed by atoms with Gasteiger partial charge in [0.05, 0.1) is 4.88 Å². The first-order valence-corrected chi connectivity index (χ1v) is 8.41. The first-order valence-electron chi connectivity index (χ1n) is 6.47. The number of alkyl halides is 1. The molecular weight excluding hydrogens is 322 g/mol. The summed E-state index contributed by atoms with van der Waals surface area (Å²) in [5, 5.41) is 5.18. The molecule has 0 saturated heterocycles. The van der Waals surface area contributed by atoms with E-state index in [1.807, 2.05) is 24.3 Å². The van der Waals surface area contributed by atoms with Gasteiger partial charge in [-0.1, -0.05) is 48.0 Å². The maximum atomic E-state index is 12.3. The Morgan fingerprint density at radius 1 is 1.37 bits per heavy atom. The van der Waals surface area contributed by atoms with Gasteiger partial charge in [0.2, 0.25) is 0 Å². The van der Waals surface area contributed by atoms with Crippen LogP contribution in [0, 0.1) is 5.92 Å². The Hall–Kier alpha value is -0.870. The third-order valence-corrected chi connectivity index (χ3v) is 4.76. The fourth-order valence-corrected chi connectivity index (χ4v) is 3.48. The number of fused-ring (bicyclic) bond motifs is 1. The molecule has 2 rings (SSSR count). The van der Waals surface area contributed by atoms with E-state index >= 15 is 0 Å². The predicted octanol–water partition coefficient (Wildman–Crippen LogP) is 4.44. The highest BCUT2D eigenvalue weighted by molar-refractivity contribution is 9.09. The van der Waals surface area contributed by atoms with Gasteiger partial charge in [-0.15, -0.1) is 11.3 Å². The highest BCUT2D eigenvalue weighted by Crippen LogP contribution is 2.25. The summed E-state index contributed by atoms with van der Waals surface area (Å²) in [6.07, 6.45) is 0.953. The zero-order valence-electron chi connectivity index (χ0n) is 11.2. The molecule has 1 aromatic carbocycles. The van der Waals surface area contributed by atoms with Gasteiger partial charge in [0.15, 0.2) is 0 Å². The number of hydrogen-bond acceptors (Lipinski definition) is 2. The van der Waals surface area contributed by atoms with Crippen molar-refractivity contribution in [2.45, 2.75) is 26.3 Å². The van der Waals surface area contributed by atoms with Crippen molar-refractivity contribution in [2.24, 2.45) is 5.92 Å². The second kappa shape index (κ2) is 6.53. The Morgan fingerprint density at radius 3 is 2.74 bits per heavy atom. The van der Waals surface area contributed by atoms with Crippen molar-refractivity contribution in [1.29, 1.82) is 0 Å². The molecule has 4 heteroatoms. The van der Waals surface area contributed by atoms with Crippen LogP contribution in [0.2, 0.25) is 0 Å². The molecule has 2 nitrogen and oxygen atoms in total. The average molecular weight is 340 g/mol. The topological polar surface area (TPSA) is 29.1 Å². The second-order valence-corrected chi connectivity index (χ2v) is 6.83. The first kappa shape index (κ1) is 14.5. The summed E-state index contributed by atoms with van der Waals surface area (Å²) in [5.41, 5.74) is 0. The molecule has 0 saturated carbocycles. The zero-order chi connectivity index (χ0) is 13.8. The molecular formula is C15H18BrNOS. The van der Waals surface area contributed by atoms with E-state index in [1.165, 1.54) is 0 Å². The lowest BCUT2D eigenvalue weighted by atomic mass is 10.0. The third-order valence-electron chi connectivity index (χ3n) is 3.19. The molecule has 1 unspecified atom stereocenters. The van der Waals surface area contributed by atoms with E-state index in [0.29, 0.717) is 5.92 Å². The largest absolute Gasteiger partial charge is 0.348 e. The molecule has 102 valence electrons. The van der Waals surface area contributed by atoms with Crippen molar-refractivity contribution >= 4 is 43.3 Å². The summed E-state index contributed by atoms with van der Waals surface area (Å²) in [5.74, 6) is 0.483. The Balaban J connectivity index is 2.14. The molecule has 1 heterocycles. The molecule has 0 aliphatic rings. The van der Waals surface area contributed by atoms with Crippen LogP contribution < -0.4 is 5.32 Å². The molecule has 0 radical (unpaired) electrons. The highest BCUT2D eigenvalue weighted by atomic mass is 79.9. The second-order valence-electron chi connectivity index (χ2n) is 4.95. The fraction of sp³-hybridized carbons (Fsp3) is 0.400. The van der Waals surface area contributed by atoms with E-state index in [-0.39, 0.29) is 11.9 Å². The molecule has 0 aliphatic heterocycles. The monoisotopic (exact) mass is 339 g/mol. The minimum absolute atomic E-state index is 0.0425. The number of hydrogen-bond donors (Lipinski definition) is 1. The van der Waals surface area contributed by atoms with E-state index in [2.05, 4.69) is 41.2 Å². The maximum absolute atomic E-state index is 12.3. The van der Waals surface area contributed by atoms with E-state index in [1.54, 1.807) is 11.3 Å². The van der Waals surface area contributed by atoms with E-state index in [0.717, 1.165) is 26.7 Å². The van der Waals surface area contributed by atoms with E-state index in [9.17, 15) is 4.79 Å². The first-order chi connectivity index (χ1) is 9.11. The smallest absolute Gasteiger partial charge is 0.261 e. The van der Waals surface area contributed by atoms with Crippen LogP contribution in [0.1, 0.15) is 29.9 Å². The van der Waals surface area contributed by atoms with Crippen molar-refractivity contribution in [3.63, 3.8) is 0 Å². The Bertz CT molecular complexity index is 531. The molecule has 0 fully saturated rings. The summed E-state index contributed by atoms with van der Waals surface area (Å²) in [6, 6.07) is 10.3. The summed E-state index contributed by atoms with van der Waals surface area (Å²) in [7, 11) is 0. The molecule has 2 aromatic rings. The SMILES string of the molecule is CC(C)C(CCBr)NC(=O)c1cc2ccccc2s1. The normalized spacial score (nSPS) is 12.8. The number of carbonyl (C=O) groups is 1. The van der Waals surface area contributed by atoms with Crippen LogP contribution >= 0.6 is 27.3 Å². The van der Waals surface area contributed by atoms with Gasteiger partial charge in [-0.3, -0.25) is 4.79 Å². The zero-order valence-corrected chi connectivity index (χ0v) is 13.6. The Labute approximate surface area is 126 Å². The maximum Gasteiger partial charge on any atom is 0.261 e. The van der Waals surface area contributed by atoms with Crippen LogP contribution in [0.4, 0.5) is 0 Å². The molecule has 0 spiro atoms.